The lowest BCUT2D eigenvalue weighted by Crippen LogP contribution is -2.12. The summed E-state index contributed by atoms with van der Waals surface area (Å²) >= 11 is 0. The number of hydrogen-bond acceptors (Lipinski definition) is 2. The minimum absolute atomic E-state index is 0.0104. The van der Waals surface area contributed by atoms with Crippen LogP contribution < -0.4 is 0 Å². The van der Waals surface area contributed by atoms with Gasteiger partial charge in [-0.2, -0.15) is 0 Å². The Balaban J connectivity index is 2.27. The summed E-state index contributed by atoms with van der Waals surface area (Å²) in [7, 11) is 0. The van der Waals surface area contributed by atoms with Crippen LogP contribution in [0.2, 0.25) is 0 Å². The molecule has 1 aromatic carbocycles. The molecule has 0 amide bonds. The van der Waals surface area contributed by atoms with E-state index in [0.29, 0.717) is 0 Å². The quantitative estimate of drug-likeness (QED) is 0.631. The number of aliphatic hydroxyl groups excluding tert-OH is 2. The first-order valence-electron chi connectivity index (χ1n) is 4.22. The summed E-state index contributed by atoms with van der Waals surface area (Å²) in [5.74, 6) is 0.177. The van der Waals surface area contributed by atoms with Gasteiger partial charge in [-0.3, -0.25) is 0 Å². The van der Waals surface area contributed by atoms with E-state index in [0.717, 1.165) is 11.1 Å². The Morgan fingerprint density at radius 1 is 1.08 bits per heavy atom. The first-order chi connectivity index (χ1) is 6.29. The molecule has 1 unspecified atom stereocenters. The number of allylic oxidation sites excluding steroid dienone is 2. The second kappa shape index (κ2) is 1.96. The number of fused-ring (bicyclic) bond motifs is 4. The summed E-state index contributed by atoms with van der Waals surface area (Å²) in [6.07, 6.45) is 1.69. The van der Waals surface area contributed by atoms with Crippen molar-refractivity contribution in [1.29, 1.82) is 0 Å². The summed E-state index contributed by atoms with van der Waals surface area (Å²) in [5, 5.41) is 18.8. The third-order valence-electron chi connectivity index (χ3n) is 2.72. The molecule has 2 aliphatic rings. The highest BCUT2D eigenvalue weighted by Gasteiger charge is 2.38. The minimum atomic E-state index is 0.0104. The van der Waals surface area contributed by atoms with Crippen LogP contribution >= 0.6 is 0 Å². The topological polar surface area (TPSA) is 40.5 Å². The highest BCUT2D eigenvalue weighted by molar-refractivity contribution is 5.90. The van der Waals surface area contributed by atoms with Crippen molar-refractivity contribution < 1.29 is 10.2 Å². The number of hydrogen-bond donors (Lipinski definition) is 2. The van der Waals surface area contributed by atoms with E-state index in [2.05, 4.69) is 0 Å². The second-order valence-corrected chi connectivity index (χ2v) is 3.38. The predicted octanol–water partition coefficient (Wildman–Crippen LogP) is 2.51. The van der Waals surface area contributed by atoms with Gasteiger partial charge in [0.1, 0.15) is 0 Å². The van der Waals surface area contributed by atoms with Crippen molar-refractivity contribution >= 4 is 5.57 Å². The summed E-state index contributed by atoms with van der Waals surface area (Å²) in [4.78, 5) is 0. The molecular weight excluding hydrogens is 164 g/mol. The molecule has 0 spiro atoms. The van der Waals surface area contributed by atoms with Crippen LogP contribution in [0.1, 0.15) is 17.0 Å². The van der Waals surface area contributed by atoms with Gasteiger partial charge in [0.25, 0.3) is 0 Å². The van der Waals surface area contributed by atoms with E-state index in [9.17, 15) is 10.2 Å². The maximum Gasteiger partial charge on any atom is 0.161 e. The molecule has 0 aromatic heterocycles. The molecule has 0 saturated heterocycles. The van der Waals surface area contributed by atoms with Gasteiger partial charge >= 0.3 is 0 Å². The lowest BCUT2D eigenvalue weighted by Gasteiger charge is -2.28. The normalized spacial score (nSPS) is 23.4. The van der Waals surface area contributed by atoms with Gasteiger partial charge < -0.3 is 10.2 Å². The van der Waals surface area contributed by atoms with E-state index >= 15 is 0 Å². The highest BCUT2D eigenvalue weighted by atomic mass is 16.3. The van der Waals surface area contributed by atoms with E-state index in [1.807, 2.05) is 24.3 Å². The molecule has 64 valence electrons. The second-order valence-electron chi connectivity index (χ2n) is 3.38. The average molecular weight is 172 g/mol. The van der Waals surface area contributed by atoms with Crippen molar-refractivity contribution in [3.63, 3.8) is 0 Å². The van der Waals surface area contributed by atoms with Crippen LogP contribution in [0, 0.1) is 0 Å². The Hall–Kier alpha value is -1.70. The van der Waals surface area contributed by atoms with Gasteiger partial charge in [-0.25, -0.2) is 0 Å². The summed E-state index contributed by atoms with van der Waals surface area (Å²) < 4.78 is 0. The molecule has 0 fully saturated rings. The molecule has 2 aliphatic carbocycles. The van der Waals surface area contributed by atoms with Crippen molar-refractivity contribution in [3.05, 3.63) is 53.0 Å². The third-order valence-corrected chi connectivity index (χ3v) is 2.72. The summed E-state index contributed by atoms with van der Waals surface area (Å²) in [5.41, 5.74) is 3.12. The molecule has 0 heterocycles. The Morgan fingerprint density at radius 3 is 2.69 bits per heavy atom. The Kier molecular flexibility index (Phi) is 1.02. The van der Waals surface area contributed by atoms with E-state index in [-0.39, 0.29) is 17.4 Å². The zero-order valence-electron chi connectivity index (χ0n) is 6.86. The molecule has 1 atom stereocenters. The molecule has 2 nitrogen and oxygen atoms in total. The maximum atomic E-state index is 9.50. The Bertz CT molecular complexity index is 455. The summed E-state index contributed by atoms with van der Waals surface area (Å²) in [6.45, 7) is 0. The van der Waals surface area contributed by atoms with Crippen LogP contribution in [0.15, 0.2) is 41.9 Å². The fourth-order valence-electron chi connectivity index (χ4n) is 2.08. The zero-order chi connectivity index (χ0) is 9.00. The van der Waals surface area contributed by atoms with Gasteiger partial charge in [-0.15, -0.1) is 0 Å². The van der Waals surface area contributed by atoms with Crippen LogP contribution in [0.3, 0.4) is 0 Å². The van der Waals surface area contributed by atoms with Gasteiger partial charge in [-0.05, 0) is 17.2 Å². The predicted molar refractivity (Wildman–Crippen MR) is 49.4 cm³/mol. The standard InChI is InChI=1S/C11H8O2/c12-9-5-8-6-3-1-2-4-7(6)10(8)11(9)13/h1-5,8,12-13H. The molecule has 2 heteroatoms. The van der Waals surface area contributed by atoms with Gasteiger partial charge in [0, 0.05) is 11.5 Å². The molecule has 13 heavy (non-hydrogen) atoms. The molecule has 0 radical (unpaired) electrons. The molecule has 1 aromatic rings. The number of aliphatic hydroxyl groups is 2. The van der Waals surface area contributed by atoms with Crippen LogP contribution in [0.5, 0.6) is 0 Å². The minimum Gasteiger partial charge on any atom is -0.504 e. The van der Waals surface area contributed by atoms with E-state index in [4.69, 9.17) is 0 Å². The van der Waals surface area contributed by atoms with Crippen molar-refractivity contribution in [3.8, 4) is 0 Å². The fraction of sp³-hybridized carbons (Fsp3) is 0.0909. The lowest BCUT2D eigenvalue weighted by atomic mass is 9.75. The molecule has 0 bridgehead atoms. The van der Waals surface area contributed by atoms with Crippen molar-refractivity contribution in [1.82, 2.24) is 0 Å². The van der Waals surface area contributed by atoms with Crippen molar-refractivity contribution in [2.45, 2.75) is 5.92 Å². The monoisotopic (exact) mass is 172 g/mol. The largest absolute Gasteiger partial charge is 0.504 e. The first-order valence-corrected chi connectivity index (χ1v) is 4.22. The maximum absolute atomic E-state index is 9.50. The van der Waals surface area contributed by atoms with E-state index in [1.165, 1.54) is 5.56 Å². The lowest BCUT2D eigenvalue weighted by molar-refractivity contribution is 0.332. The van der Waals surface area contributed by atoms with Crippen LogP contribution in [0.25, 0.3) is 5.57 Å². The molecule has 0 aliphatic heterocycles. The fourth-order valence-corrected chi connectivity index (χ4v) is 2.08. The van der Waals surface area contributed by atoms with Gasteiger partial charge in [-0.1, -0.05) is 24.3 Å². The highest BCUT2D eigenvalue weighted by Crippen LogP contribution is 2.52. The zero-order valence-corrected chi connectivity index (χ0v) is 6.86. The van der Waals surface area contributed by atoms with E-state index < -0.39 is 0 Å². The average Bonchev–Trinajstić information content (AvgIpc) is 2.37. The van der Waals surface area contributed by atoms with Crippen LogP contribution in [-0.4, -0.2) is 10.2 Å². The Morgan fingerprint density at radius 2 is 1.85 bits per heavy atom. The van der Waals surface area contributed by atoms with Crippen LogP contribution in [-0.2, 0) is 0 Å². The third kappa shape index (κ3) is 0.640. The van der Waals surface area contributed by atoms with Gasteiger partial charge in [0.15, 0.2) is 11.5 Å². The first kappa shape index (κ1) is 6.78. The SMILES string of the molecule is OC1=CC2C(=C1O)c1ccccc12. The van der Waals surface area contributed by atoms with Gasteiger partial charge in [0.2, 0.25) is 0 Å². The molecule has 2 N–H and O–H groups in total. The molecule has 3 rings (SSSR count). The number of rotatable bonds is 0. The van der Waals surface area contributed by atoms with Gasteiger partial charge in [0.05, 0.1) is 0 Å². The van der Waals surface area contributed by atoms with Crippen LogP contribution in [0.4, 0.5) is 0 Å². The van der Waals surface area contributed by atoms with Crippen molar-refractivity contribution in [2.24, 2.45) is 0 Å². The van der Waals surface area contributed by atoms with Crippen molar-refractivity contribution in [2.75, 3.05) is 0 Å². The Labute approximate surface area is 75.5 Å². The molecule has 0 saturated carbocycles. The number of benzene rings is 1. The van der Waals surface area contributed by atoms with E-state index in [1.54, 1.807) is 6.08 Å². The smallest absolute Gasteiger partial charge is 0.161 e. The molecular formula is C11H8O2. The summed E-state index contributed by atoms with van der Waals surface area (Å²) in [6, 6.07) is 7.89.